The topological polar surface area (TPSA) is 79.1 Å². The summed E-state index contributed by atoms with van der Waals surface area (Å²) in [5, 5.41) is 11.0. The maximum absolute atomic E-state index is 10.3. The van der Waals surface area contributed by atoms with Crippen LogP contribution in [-0.4, -0.2) is 10.1 Å². The van der Waals surface area contributed by atoms with Crippen LogP contribution in [0.5, 0.6) is 5.75 Å². The number of nitrogens with two attached hydrogens (primary N) is 1. The van der Waals surface area contributed by atoms with E-state index in [-0.39, 0.29) is 5.75 Å². The first kappa shape index (κ1) is 12.7. The molecule has 3 rings (SSSR count). The molecule has 4 N–H and O–H groups in total. The van der Waals surface area contributed by atoms with Crippen molar-refractivity contribution in [2.45, 2.75) is 0 Å². The van der Waals surface area contributed by atoms with Gasteiger partial charge in [0.25, 0.3) is 5.56 Å². The fourth-order valence-corrected chi connectivity index (χ4v) is 1.62. The van der Waals surface area contributed by atoms with Crippen LogP contribution in [0.15, 0.2) is 65.6 Å². The summed E-state index contributed by atoms with van der Waals surface area (Å²) in [6, 6.07) is 17.0. The first-order valence-electron chi connectivity index (χ1n) is 5.78. The minimum Gasteiger partial charge on any atom is -0.503 e. The summed E-state index contributed by atoms with van der Waals surface area (Å²) < 4.78 is 0. The minimum absolute atomic E-state index is 0.243. The fourth-order valence-electron chi connectivity index (χ4n) is 1.62. The zero-order valence-corrected chi connectivity index (χ0v) is 10.2. The van der Waals surface area contributed by atoms with Crippen molar-refractivity contribution >= 4 is 16.5 Å². The van der Waals surface area contributed by atoms with Gasteiger partial charge >= 0.3 is 0 Å². The average Bonchev–Trinajstić information content (AvgIpc) is 2.43. The number of H-pyrrole nitrogens is 1. The van der Waals surface area contributed by atoms with Gasteiger partial charge < -0.3 is 15.8 Å². The zero-order chi connectivity index (χ0) is 13.7. The summed E-state index contributed by atoms with van der Waals surface area (Å²) in [4.78, 5) is 12.6. The SMILES string of the molecule is Nc1ccc2ccccc2c1.O=c1[nH]cccc1O. The molecule has 0 bridgehead atoms. The highest BCUT2D eigenvalue weighted by Crippen LogP contribution is 2.15. The molecule has 1 aromatic heterocycles. The van der Waals surface area contributed by atoms with E-state index in [4.69, 9.17) is 10.8 Å². The van der Waals surface area contributed by atoms with E-state index in [1.165, 1.54) is 23.0 Å². The van der Waals surface area contributed by atoms with Crippen molar-refractivity contribution in [1.29, 1.82) is 0 Å². The van der Waals surface area contributed by atoms with E-state index in [9.17, 15) is 4.79 Å². The Bertz CT molecular complexity index is 735. The molecule has 0 unspecified atom stereocenters. The number of benzene rings is 2. The Hall–Kier alpha value is -2.75. The van der Waals surface area contributed by atoms with E-state index in [0.29, 0.717) is 0 Å². The lowest BCUT2D eigenvalue weighted by molar-refractivity contribution is 0.466. The molecule has 2 aromatic carbocycles. The lowest BCUT2D eigenvalue weighted by Gasteiger charge is -1.96. The van der Waals surface area contributed by atoms with Gasteiger partial charge in [-0.15, -0.1) is 0 Å². The van der Waals surface area contributed by atoms with Crippen LogP contribution in [0.2, 0.25) is 0 Å². The van der Waals surface area contributed by atoms with Gasteiger partial charge in [0, 0.05) is 11.9 Å². The number of hydrogen-bond donors (Lipinski definition) is 3. The number of hydrogen-bond acceptors (Lipinski definition) is 3. The first-order chi connectivity index (χ1) is 9.16. The molecule has 0 aliphatic rings. The average molecular weight is 254 g/mol. The van der Waals surface area contributed by atoms with Crippen molar-refractivity contribution in [2.75, 3.05) is 5.73 Å². The quantitative estimate of drug-likeness (QED) is 0.539. The Morgan fingerprint density at radius 2 is 1.68 bits per heavy atom. The smallest absolute Gasteiger partial charge is 0.290 e. The second kappa shape index (κ2) is 5.73. The molecule has 0 saturated carbocycles. The van der Waals surface area contributed by atoms with Crippen LogP contribution >= 0.6 is 0 Å². The van der Waals surface area contributed by atoms with Crippen LogP contribution in [-0.2, 0) is 0 Å². The normalized spacial score (nSPS) is 9.68. The monoisotopic (exact) mass is 254 g/mol. The lowest BCUT2D eigenvalue weighted by atomic mass is 10.1. The predicted octanol–water partition coefficient (Wildman–Crippen LogP) is 2.50. The molecule has 4 nitrogen and oxygen atoms in total. The van der Waals surface area contributed by atoms with E-state index in [1.54, 1.807) is 6.07 Å². The summed E-state index contributed by atoms with van der Waals surface area (Å²) >= 11 is 0. The molecule has 0 aliphatic heterocycles. The van der Waals surface area contributed by atoms with Crippen LogP contribution < -0.4 is 11.3 Å². The predicted molar refractivity (Wildman–Crippen MR) is 77.1 cm³/mol. The number of aromatic amines is 1. The second-order valence-corrected chi connectivity index (χ2v) is 3.99. The molecule has 19 heavy (non-hydrogen) atoms. The summed E-state index contributed by atoms with van der Waals surface area (Å²) in [5.74, 6) is -0.243. The van der Waals surface area contributed by atoms with Gasteiger partial charge in [-0.3, -0.25) is 4.79 Å². The minimum atomic E-state index is -0.451. The zero-order valence-electron chi connectivity index (χ0n) is 10.2. The van der Waals surface area contributed by atoms with Gasteiger partial charge in [0.2, 0.25) is 0 Å². The lowest BCUT2D eigenvalue weighted by Crippen LogP contribution is -2.01. The highest BCUT2D eigenvalue weighted by molar-refractivity contribution is 5.85. The van der Waals surface area contributed by atoms with Crippen molar-refractivity contribution in [3.05, 3.63) is 71.1 Å². The Labute approximate surface area is 110 Å². The molecule has 0 radical (unpaired) electrons. The highest BCUT2D eigenvalue weighted by Gasteiger charge is 1.90. The Kier molecular flexibility index (Phi) is 3.83. The first-order valence-corrected chi connectivity index (χ1v) is 5.78. The molecule has 0 amide bonds. The Morgan fingerprint density at radius 3 is 2.32 bits per heavy atom. The van der Waals surface area contributed by atoms with Gasteiger partial charge in [0.05, 0.1) is 0 Å². The number of anilines is 1. The molecule has 0 saturated heterocycles. The van der Waals surface area contributed by atoms with Gasteiger partial charge in [0.1, 0.15) is 0 Å². The van der Waals surface area contributed by atoms with Crippen LogP contribution in [0.4, 0.5) is 5.69 Å². The molecule has 1 heterocycles. The summed E-state index contributed by atoms with van der Waals surface area (Å²) in [5.41, 5.74) is 6.00. The van der Waals surface area contributed by atoms with Crippen LogP contribution in [0.1, 0.15) is 0 Å². The summed E-state index contributed by atoms with van der Waals surface area (Å²) in [6.45, 7) is 0. The van der Waals surface area contributed by atoms with Crippen molar-refractivity contribution in [3.8, 4) is 5.75 Å². The Morgan fingerprint density at radius 1 is 0.947 bits per heavy atom. The third kappa shape index (κ3) is 3.35. The van der Waals surface area contributed by atoms with Gasteiger partial charge in [-0.05, 0) is 35.0 Å². The fraction of sp³-hybridized carbons (Fsp3) is 0. The number of fused-ring (bicyclic) bond motifs is 1. The van der Waals surface area contributed by atoms with E-state index in [2.05, 4.69) is 17.1 Å². The molecule has 96 valence electrons. The summed E-state index contributed by atoms with van der Waals surface area (Å²) in [6.07, 6.45) is 1.46. The third-order valence-electron chi connectivity index (χ3n) is 2.57. The number of nitrogens with one attached hydrogen (secondary N) is 1. The van der Waals surface area contributed by atoms with Crippen molar-refractivity contribution in [3.63, 3.8) is 0 Å². The largest absolute Gasteiger partial charge is 0.503 e. The number of aromatic nitrogens is 1. The number of aromatic hydroxyl groups is 1. The van der Waals surface area contributed by atoms with Crippen molar-refractivity contribution in [2.24, 2.45) is 0 Å². The number of nitrogen functional groups attached to an aromatic ring is 1. The Balaban J connectivity index is 0.000000148. The van der Waals surface area contributed by atoms with Crippen molar-refractivity contribution < 1.29 is 5.11 Å². The van der Waals surface area contributed by atoms with Crippen LogP contribution in [0, 0.1) is 0 Å². The van der Waals surface area contributed by atoms with Gasteiger partial charge in [0.15, 0.2) is 5.75 Å². The van der Waals surface area contributed by atoms with Gasteiger partial charge in [-0.1, -0.05) is 30.3 Å². The third-order valence-corrected chi connectivity index (χ3v) is 2.57. The summed E-state index contributed by atoms with van der Waals surface area (Å²) in [7, 11) is 0. The van der Waals surface area contributed by atoms with Gasteiger partial charge in [-0.25, -0.2) is 0 Å². The van der Waals surface area contributed by atoms with Crippen molar-refractivity contribution in [1.82, 2.24) is 4.98 Å². The number of pyridine rings is 1. The highest BCUT2D eigenvalue weighted by atomic mass is 16.3. The maximum atomic E-state index is 10.3. The standard InChI is InChI=1S/C10H9N.C5H5NO2/c11-10-6-5-8-3-1-2-4-9(8)7-10;7-4-2-1-3-6-5(4)8/h1-7H,11H2;1-3,7H,(H,6,8). The molecule has 0 aliphatic carbocycles. The van der Waals surface area contributed by atoms with E-state index < -0.39 is 5.56 Å². The molecular weight excluding hydrogens is 240 g/mol. The molecule has 0 atom stereocenters. The molecular formula is C15H14N2O2. The van der Waals surface area contributed by atoms with Crippen LogP contribution in [0.3, 0.4) is 0 Å². The molecule has 0 fully saturated rings. The van der Waals surface area contributed by atoms with E-state index in [1.807, 2.05) is 30.3 Å². The van der Waals surface area contributed by atoms with Gasteiger partial charge in [-0.2, -0.15) is 0 Å². The van der Waals surface area contributed by atoms with Crippen LogP contribution in [0.25, 0.3) is 10.8 Å². The molecule has 0 spiro atoms. The second-order valence-electron chi connectivity index (χ2n) is 3.99. The molecule has 4 heteroatoms. The molecule has 3 aromatic rings. The van der Waals surface area contributed by atoms with E-state index in [0.717, 1.165) is 5.69 Å². The maximum Gasteiger partial charge on any atom is 0.290 e. The van der Waals surface area contributed by atoms with E-state index >= 15 is 0 Å². The number of rotatable bonds is 0.